The minimum absolute atomic E-state index is 0.0853. The first-order chi connectivity index (χ1) is 12.7. The molecule has 0 bridgehead atoms. The van der Waals surface area contributed by atoms with Crippen molar-refractivity contribution in [2.24, 2.45) is 0 Å². The summed E-state index contributed by atoms with van der Waals surface area (Å²) in [5.41, 5.74) is 1.31. The van der Waals surface area contributed by atoms with Crippen LogP contribution in [-0.2, 0) is 16.0 Å². The molecule has 4 nitrogen and oxygen atoms in total. The van der Waals surface area contributed by atoms with Crippen molar-refractivity contribution < 1.29 is 9.59 Å². The van der Waals surface area contributed by atoms with Gasteiger partial charge in [0, 0.05) is 30.4 Å². The number of hydrogen-bond acceptors (Lipinski definition) is 3. The number of amides is 2. The lowest BCUT2D eigenvalue weighted by Crippen LogP contribution is -2.47. The molecule has 2 aliphatic rings. The first-order valence-corrected chi connectivity index (χ1v) is 10.3. The number of hydrogen-bond donors (Lipinski definition) is 0. The van der Waals surface area contributed by atoms with Gasteiger partial charge in [-0.05, 0) is 36.3 Å². The maximum absolute atomic E-state index is 13.1. The van der Waals surface area contributed by atoms with Gasteiger partial charge in [-0.15, -0.1) is 11.3 Å². The summed E-state index contributed by atoms with van der Waals surface area (Å²) in [5, 5.41) is 1.99. The largest absolute Gasteiger partial charge is 0.340 e. The van der Waals surface area contributed by atoms with E-state index >= 15 is 0 Å². The molecule has 4 rings (SSSR count). The highest BCUT2D eigenvalue weighted by Gasteiger charge is 2.38. The smallest absolute Gasteiger partial charge is 0.245 e. The van der Waals surface area contributed by atoms with Crippen LogP contribution < -0.4 is 0 Å². The molecule has 5 heteroatoms. The molecule has 26 heavy (non-hydrogen) atoms. The number of likely N-dealkylation sites (tertiary alicyclic amines) is 2. The number of benzene rings is 1. The molecule has 2 atom stereocenters. The van der Waals surface area contributed by atoms with Gasteiger partial charge in [0.1, 0.15) is 6.04 Å². The third-order valence-corrected chi connectivity index (χ3v) is 6.41. The summed E-state index contributed by atoms with van der Waals surface area (Å²) in [6.07, 6.45) is 3.13. The quantitative estimate of drug-likeness (QED) is 0.831. The molecule has 2 fully saturated rings. The van der Waals surface area contributed by atoms with Crippen molar-refractivity contribution in [1.82, 2.24) is 9.80 Å². The Morgan fingerprint density at radius 3 is 2.65 bits per heavy atom. The van der Waals surface area contributed by atoms with E-state index in [1.54, 1.807) is 11.3 Å². The third kappa shape index (κ3) is 3.54. The average molecular weight is 369 g/mol. The molecule has 2 amide bonds. The molecular weight excluding hydrogens is 344 g/mol. The summed E-state index contributed by atoms with van der Waals surface area (Å²) >= 11 is 1.60. The van der Waals surface area contributed by atoms with E-state index in [0.717, 1.165) is 37.2 Å². The van der Waals surface area contributed by atoms with Gasteiger partial charge in [-0.1, -0.05) is 36.4 Å². The summed E-state index contributed by atoms with van der Waals surface area (Å²) in [7, 11) is 0. The van der Waals surface area contributed by atoms with Crippen molar-refractivity contribution in [1.29, 1.82) is 0 Å². The zero-order chi connectivity index (χ0) is 17.9. The zero-order valence-electron chi connectivity index (χ0n) is 14.8. The van der Waals surface area contributed by atoms with Crippen LogP contribution in [0.25, 0.3) is 0 Å². The number of thiophene rings is 1. The zero-order valence-corrected chi connectivity index (χ0v) is 15.7. The van der Waals surface area contributed by atoms with Crippen LogP contribution >= 0.6 is 11.3 Å². The van der Waals surface area contributed by atoms with E-state index in [1.807, 2.05) is 33.4 Å². The minimum Gasteiger partial charge on any atom is -0.340 e. The monoisotopic (exact) mass is 368 g/mol. The van der Waals surface area contributed by atoms with E-state index in [2.05, 4.69) is 24.3 Å². The Balaban J connectivity index is 1.40. The van der Waals surface area contributed by atoms with Crippen molar-refractivity contribution in [3.8, 4) is 0 Å². The highest BCUT2D eigenvalue weighted by molar-refractivity contribution is 7.10. The first kappa shape index (κ1) is 17.3. The second kappa shape index (κ2) is 7.62. The van der Waals surface area contributed by atoms with Crippen molar-refractivity contribution in [2.45, 2.75) is 37.6 Å². The fourth-order valence-corrected chi connectivity index (χ4v) is 4.85. The molecule has 2 saturated heterocycles. The Bertz CT molecular complexity index is 760. The van der Waals surface area contributed by atoms with Crippen LogP contribution in [0.2, 0.25) is 0 Å². The Labute approximate surface area is 158 Å². The highest BCUT2D eigenvalue weighted by Crippen LogP contribution is 2.29. The first-order valence-electron chi connectivity index (χ1n) is 9.38. The van der Waals surface area contributed by atoms with E-state index < -0.39 is 0 Å². The van der Waals surface area contributed by atoms with Gasteiger partial charge in [0.15, 0.2) is 0 Å². The molecule has 136 valence electrons. The Hall–Kier alpha value is -2.14. The molecule has 0 aliphatic carbocycles. The molecule has 0 radical (unpaired) electrons. The fourth-order valence-electron chi connectivity index (χ4n) is 4.15. The van der Waals surface area contributed by atoms with Crippen molar-refractivity contribution >= 4 is 23.2 Å². The number of carbonyl (C=O) groups is 2. The van der Waals surface area contributed by atoms with Crippen LogP contribution in [-0.4, -0.2) is 47.3 Å². The van der Waals surface area contributed by atoms with Crippen LogP contribution in [0.4, 0.5) is 0 Å². The molecule has 2 aliphatic heterocycles. The molecule has 1 aromatic carbocycles. The Kier molecular flexibility index (Phi) is 5.07. The molecule has 2 aromatic rings. The van der Waals surface area contributed by atoms with E-state index in [9.17, 15) is 9.59 Å². The summed E-state index contributed by atoms with van der Waals surface area (Å²) in [6.45, 7) is 2.27. The predicted molar refractivity (Wildman–Crippen MR) is 103 cm³/mol. The van der Waals surface area contributed by atoms with Crippen LogP contribution in [0.5, 0.6) is 0 Å². The fraction of sp³-hybridized carbons (Fsp3) is 0.429. The number of rotatable bonds is 4. The van der Waals surface area contributed by atoms with Crippen LogP contribution in [0, 0.1) is 0 Å². The standard InChI is InChI=1S/C21H24N2O2S/c24-20(14-18-8-5-13-26-18)23-11-4-9-19(23)21(25)22-12-10-17(15-22)16-6-2-1-3-7-16/h1-3,5-8,13,17,19H,4,9-12,14-15H2. The predicted octanol–water partition coefficient (Wildman–Crippen LogP) is 3.30. The third-order valence-electron chi connectivity index (χ3n) is 5.53. The lowest BCUT2D eigenvalue weighted by Gasteiger charge is -2.28. The molecule has 2 unspecified atom stereocenters. The maximum Gasteiger partial charge on any atom is 0.245 e. The number of carbonyl (C=O) groups excluding carboxylic acids is 2. The molecule has 0 N–H and O–H groups in total. The minimum atomic E-state index is -0.267. The maximum atomic E-state index is 13.1. The summed E-state index contributed by atoms with van der Waals surface area (Å²) in [6, 6.07) is 14.1. The van der Waals surface area contributed by atoms with Gasteiger partial charge < -0.3 is 9.80 Å². The normalized spacial score (nSPS) is 22.8. The van der Waals surface area contributed by atoms with Gasteiger partial charge in [0.2, 0.25) is 11.8 Å². The summed E-state index contributed by atoms with van der Waals surface area (Å²) < 4.78 is 0. The molecule has 0 spiro atoms. The van der Waals surface area contributed by atoms with E-state index in [-0.39, 0.29) is 17.9 Å². The highest BCUT2D eigenvalue weighted by atomic mass is 32.1. The lowest BCUT2D eigenvalue weighted by molar-refractivity contribution is -0.142. The van der Waals surface area contributed by atoms with Crippen molar-refractivity contribution in [3.05, 3.63) is 58.3 Å². The van der Waals surface area contributed by atoms with E-state index in [4.69, 9.17) is 0 Å². The average Bonchev–Trinajstić information content (AvgIpc) is 3.42. The van der Waals surface area contributed by atoms with Crippen LogP contribution in [0.1, 0.15) is 35.6 Å². The Morgan fingerprint density at radius 2 is 1.88 bits per heavy atom. The topological polar surface area (TPSA) is 40.6 Å². The van der Waals surface area contributed by atoms with Crippen LogP contribution in [0.15, 0.2) is 47.8 Å². The van der Waals surface area contributed by atoms with Crippen molar-refractivity contribution in [3.63, 3.8) is 0 Å². The molecular formula is C21H24N2O2S. The molecule has 3 heterocycles. The van der Waals surface area contributed by atoms with Gasteiger partial charge in [0.25, 0.3) is 0 Å². The SMILES string of the molecule is O=C(C1CCCN1C(=O)Cc1cccs1)N1CCC(c2ccccc2)C1. The second-order valence-corrected chi connectivity index (χ2v) is 8.21. The van der Waals surface area contributed by atoms with Gasteiger partial charge in [-0.3, -0.25) is 9.59 Å². The van der Waals surface area contributed by atoms with Crippen molar-refractivity contribution in [2.75, 3.05) is 19.6 Å². The van der Waals surface area contributed by atoms with Gasteiger partial charge >= 0.3 is 0 Å². The summed E-state index contributed by atoms with van der Waals surface area (Å²) in [5.74, 6) is 0.638. The van der Waals surface area contributed by atoms with Gasteiger partial charge in [0.05, 0.1) is 6.42 Å². The van der Waals surface area contributed by atoms with Gasteiger partial charge in [-0.25, -0.2) is 0 Å². The van der Waals surface area contributed by atoms with E-state index in [1.165, 1.54) is 5.56 Å². The number of nitrogens with zero attached hydrogens (tertiary/aromatic N) is 2. The molecule has 0 saturated carbocycles. The van der Waals surface area contributed by atoms with Gasteiger partial charge in [-0.2, -0.15) is 0 Å². The van der Waals surface area contributed by atoms with E-state index in [0.29, 0.717) is 18.9 Å². The second-order valence-electron chi connectivity index (χ2n) is 7.18. The van der Waals surface area contributed by atoms with Crippen LogP contribution in [0.3, 0.4) is 0 Å². The Morgan fingerprint density at radius 1 is 1.04 bits per heavy atom. The summed E-state index contributed by atoms with van der Waals surface area (Å²) in [4.78, 5) is 30.6. The lowest BCUT2D eigenvalue weighted by atomic mass is 9.99. The molecule has 1 aromatic heterocycles.